The third-order valence-electron chi connectivity index (χ3n) is 2.62. The number of carbonyl (C=O) groups is 2. The number of allylic oxidation sites excluding steroid dienone is 2. The lowest BCUT2D eigenvalue weighted by Gasteiger charge is -2.31. The fourth-order valence-corrected chi connectivity index (χ4v) is 1.77. The van der Waals surface area contributed by atoms with Gasteiger partial charge in [-0.1, -0.05) is 6.08 Å². The van der Waals surface area contributed by atoms with Gasteiger partial charge in [0.25, 0.3) is 0 Å². The zero-order chi connectivity index (χ0) is 12.3. The first-order valence-electron chi connectivity index (χ1n) is 5.03. The van der Waals surface area contributed by atoms with Crippen molar-refractivity contribution in [2.45, 2.75) is 32.7 Å². The van der Waals surface area contributed by atoms with Crippen LogP contribution in [0.5, 0.6) is 0 Å². The molecule has 0 aromatic carbocycles. The number of rotatable bonds is 4. The summed E-state index contributed by atoms with van der Waals surface area (Å²) in [6.07, 6.45) is 3.84. The Balaban J connectivity index is 2.88. The predicted molar refractivity (Wildman–Crippen MR) is 57.6 cm³/mol. The van der Waals surface area contributed by atoms with Crippen LogP contribution in [0.3, 0.4) is 0 Å². The molecule has 0 bridgehead atoms. The molecule has 1 atom stereocenters. The smallest absolute Gasteiger partial charge is 0.333 e. The van der Waals surface area contributed by atoms with Gasteiger partial charge in [-0.15, -0.1) is 0 Å². The summed E-state index contributed by atoms with van der Waals surface area (Å²) in [4.78, 5) is 23.2. The van der Waals surface area contributed by atoms with Crippen molar-refractivity contribution in [2.24, 2.45) is 0 Å². The van der Waals surface area contributed by atoms with E-state index in [0.717, 1.165) is 0 Å². The third kappa shape index (κ3) is 2.62. The van der Waals surface area contributed by atoms with E-state index in [2.05, 4.69) is 0 Å². The lowest BCUT2D eigenvalue weighted by molar-refractivity contribution is -0.138. The van der Waals surface area contributed by atoms with E-state index in [1.807, 2.05) is 0 Å². The molecule has 2 N–H and O–H groups in total. The molecule has 88 valence electrons. The molecule has 0 radical (unpaired) electrons. The second kappa shape index (κ2) is 4.83. The van der Waals surface area contributed by atoms with E-state index < -0.39 is 11.9 Å². The third-order valence-corrected chi connectivity index (χ3v) is 2.62. The number of carboxylic acid groups (broad SMARTS) is 2. The van der Waals surface area contributed by atoms with E-state index in [-0.39, 0.29) is 12.5 Å². The SMILES string of the molecule is CC1=C(C(=O)O)CC=CN1C(C)CC(=O)O. The highest BCUT2D eigenvalue weighted by Crippen LogP contribution is 2.23. The van der Waals surface area contributed by atoms with Crippen molar-refractivity contribution >= 4 is 11.9 Å². The lowest BCUT2D eigenvalue weighted by atomic mass is 10.0. The quantitative estimate of drug-likeness (QED) is 0.756. The molecule has 0 aliphatic carbocycles. The first kappa shape index (κ1) is 12.3. The minimum Gasteiger partial charge on any atom is -0.481 e. The predicted octanol–water partition coefficient (Wildman–Crippen LogP) is 1.43. The van der Waals surface area contributed by atoms with Crippen LogP contribution in [0.4, 0.5) is 0 Å². The van der Waals surface area contributed by atoms with Crippen molar-refractivity contribution in [1.29, 1.82) is 0 Å². The lowest BCUT2D eigenvalue weighted by Crippen LogP contribution is -2.31. The van der Waals surface area contributed by atoms with Gasteiger partial charge < -0.3 is 15.1 Å². The maximum absolute atomic E-state index is 10.9. The molecular formula is C11H15NO4. The molecule has 0 amide bonds. The summed E-state index contributed by atoms with van der Waals surface area (Å²) in [7, 11) is 0. The number of hydrogen-bond donors (Lipinski definition) is 2. The van der Waals surface area contributed by atoms with Crippen molar-refractivity contribution in [3.05, 3.63) is 23.5 Å². The van der Waals surface area contributed by atoms with Gasteiger partial charge in [-0.25, -0.2) is 4.79 Å². The summed E-state index contributed by atoms with van der Waals surface area (Å²) < 4.78 is 0. The van der Waals surface area contributed by atoms with Gasteiger partial charge in [-0.2, -0.15) is 0 Å². The summed E-state index contributed by atoms with van der Waals surface area (Å²) in [6, 6.07) is -0.247. The highest BCUT2D eigenvalue weighted by molar-refractivity contribution is 5.88. The Morgan fingerprint density at radius 1 is 1.50 bits per heavy atom. The van der Waals surface area contributed by atoms with E-state index >= 15 is 0 Å². The maximum atomic E-state index is 10.9. The summed E-state index contributed by atoms with van der Waals surface area (Å²) in [5.41, 5.74) is 0.934. The van der Waals surface area contributed by atoms with Gasteiger partial charge in [0.05, 0.1) is 12.0 Å². The van der Waals surface area contributed by atoms with Gasteiger partial charge in [0.2, 0.25) is 0 Å². The highest BCUT2D eigenvalue weighted by atomic mass is 16.4. The molecule has 0 aromatic heterocycles. The van der Waals surface area contributed by atoms with Crippen LogP contribution in [-0.4, -0.2) is 33.1 Å². The molecule has 16 heavy (non-hydrogen) atoms. The highest BCUT2D eigenvalue weighted by Gasteiger charge is 2.22. The van der Waals surface area contributed by atoms with Gasteiger partial charge in [0.1, 0.15) is 0 Å². The van der Waals surface area contributed by atoms with Crippen molar-refractivity contribution < 1.29 is 19.8 Å². The van der Waals surface area contributed by atoms with Crippen molar-refractivity contribution in [1.82, 2.24) is 4.90 Å². The normalized spacial score (nSPS) is 17.5. The molecule has 5 heteroatoms. The van der Waals surface area contributed by atoms with Crippen LogP contribution >= 0.6 is 0 Å². The molecule has 0 spiro atoms. The Morgan fingerprint density at radius 3 is 2.62 bits per heavy atom. The first-order chi connectivity index (χ1) is 7.43. The maximum Gasteiger partial charge on any atom is 0.333 e. The zero-order valence-electron chi connectivity index (χ0n) is 9.30. The summed E-state index contributed by atoms with van der Waals surface area (Å²) in [6.45, 7) is 3.46. The summed E-state index contributed by atoms with van der Waals surface area (Å²) in [5, 5.41) is 17.6. The number of hydrogen-bond acceptors (Lipinski definition) is 3. The average molecular weight is 225 g/mol. The number of carboxylic acids is 2. The molecule has 0 saturated carbocycles. The second-order valence-electron chi connectivity index (χ2n) is 3.81. The van der Waals surface area contributed by atoms with Crippen LogP contribution in [0.15, 0.2) is 23.5 Å². The standard InChI is InChI=1S/C11H15NO4/c1-7(6-10(13)14)12-5-3-4-9(8(12)2)11(15)16/h3,5,7H,4,6H2,1-2H3,(H,13,14)(H,15,16). The Hall–Kier alpha value is -1.78. The van der Waals surface area contributed by atoms with Crippen LogP contribution in [0.1, 0.15) is 26.7 Å². The average Bonchev–Trinajstić information content (AvgIpc) is 2.16. The minimum absolute atomic E-state index is 0.0193. The molecule has 0 fully saturated rings. The van der Waals surface area contributed by atoms with E-state index in [4.69, 9.17) is 10.2 Å². The topological polar surface area (TPSA) is 77.8 Å². The second-order valence-corrected chi connectivity index (χ2v) is 3.81. The van der Waals surface area contributed by atoms with Crippen molar-refractivity contribution in [3.63, 3.8) is 0 Å². The van der Waals surface area contributed by atoms with Gasteiger partial charge in [0, 0.05) is 24.4 Å². The molecule has 0 saturated heterocycles. The Bertz CT molecular complexity index is 370. The summed E-state index contributed by atoms with van der Waals surface area (Å²) >= 11 is 0. The Morgan fingerprint density at radius 2 is 2.12 bits per heavy atom. The van der Waals surface area contributed by atoms with Gasteiger partial charge in [-0.05, 0) is 13.8 Å². The monoisotopic (exact) mass is 225 g/mol. The van der Waals surface area contributed by atoms with Crippen molar-refractivity contribution in [2.75, 3.05) is 0 Å². The van der Waals surface area contributed by atoms with Crippen LogP contribution < -0.4 is 0 Å². The van der Waals surface area contributed by atoms with E-state index in [9.17, 15) is 9.59 Å². The molecular weight excluding hydrogens is 210 g/mol. The van der Waals surface area contributed by atoms with E-state index in [1.54, 1.807) is 31.0 Å². The zero-order valence-corrected chi connectivity index (χ0v) is 9.30. The van der Waals surface area contributed by atoms with E-state index in [1.165, 1.54) is 0 Å². The largest absolute Gasteiger partial charge is 0.481 e. The number of nitrogens with zero attached hydrogens (tertiary/aromatic N) is 1. The summed E-state index contributed by atoms with van der Waals surface area (Å²) in [5.74, 6) is -1.84. The van der Waals surface area contributed by atoms with Crippen LogP contribution in [-0.2, 0) is 9.59 Å². The molecule has 1 unspecified atom stereocenters. The minimum atomic E-state index is -0.950. The Labute approximate surface area is 93.7 Å². The number of aliphatic carboxylic acids is 2. The van der Waals surface area contributed by atoms with Crippen LogP contribution in [0.2, 0.25) is 0 Å². The first-order valence-corrected chi connectivity index (χ1v) is 5.03. The molecule has 1 heterocycles. The molecule has 1 rings (SSSR count). The van der Waals surface area contributed by atoms with Gasteiger partial charge >= 0.3 is 11.9 Å². The molecule has 5 nitrogen and oxygen atoms in total. The van der Waals surface area contributed by atoms with Crippen LogP contribution in [0, 0.1) is 0 Å². The van der Waals surface area contributed by atoms with Gasteiger partial charge in [0.15, 0.2) is 0 Å². The fourth-order valence-electron chi connectivity index (χ4n) is 1.77. The molecule has 1 aliphatic heterocycles. The fraction of sp³-hybridized carbons (Fsp3) is 0.455. The van der Waals surface area contributed by atoms with E-state index in [0.29, 0.717) is 17.7 Å². The molecule has 0 aromatic rings. The molecule has 1 aliphatic rings. The Kier molecular flexibility index (Phi) is 3.71. The van der Waals surface area contributed by atoms with Gasteiger partial charge in [-0.3, -0.25) is 4.79 Å². The van der Waals surface area contributed by atoms with Crippen LogP contribution in [0.25, 0.3) is 0 Å². The van der Waals surface area contributed by atoms with Crippen molar-refractivity contribution in [3.8, 4) is 0 Å².